The smallest absolute Gasteiger partial charge is 0.316 e. The summed E-state index contributed by atoms with van der Waals surface area (Å²) >= 11 is 0. The van der Waals surface area contributed by atoms with Crippen molar-refractivity contribution in [3.8, 4) is 46.0 Å². The zero-order valence-corrected chi connectivity index (χ0v) is 21.5. The maximum absolute atomic E-state index is 13.9. The average molecular weight is 557 g/mol. The first-order chi connectivity index (χ1) is 19.7. The topological polar surface area (TPSA) is 163 Å². The van der Waals surface area contributed by atoms with Crippen LogP contribution in [0.15, 0.2) is 72.8 Å². The fourth-order valence-electron chi connectivity index (χ4n) is 5.95. The van der Waals surface area contributed by atoms with Gasteiger partial charge >= 0.3 is 11.9 Å². The fourth-order valence-corrected chi connectivity index (χ4v) is 5.95. The van der Waals surface area contributed by atoms with E-state index < -0.39 is 35.6 Å². The summed E-state index contributed by atoms with van der Waals surface area (Å²) in [7, 11) is 1.39. The maximum Gasteiger partial charge on any atom is 0.316 e. The SMILES string of the molecule is COc1cc(O)cc2c1[C@H](c1ccc(O)cc1)[C@@H]([C@H]1C(=O)Oc3cc(O)cc(O)c3[C@@H]1c1ccc(O)cc1)C(=O)O2. The minimum atomic E-state index is -1.28. The molecule has 0 aliphatic carbocycles. The van der Waals surface area contributed by atoms with Crippen LogP contribution in [0, 0.1) is 11.8 Å². The summed E-state index contributed by atoms with van der Waals surface area (Å²) in [4.78, 5) is 27.8. The Hall–Kier alpha value is -5.38. The first-order valence-corrected chi connectivity index (χ1v) is 12.6. The molecule has 0 aromatic heterocycles. The van der Waals surface area contributed by atoms with Crippen molar-refractivity contribution in [1.29, 1.82) is 0 Å². The Morgan fingerprint density at radius 2 is 1.02 bits per heavy atom. The highest BCUT2D eigenvalue weighted by Crippen LogP contribution is 2.57. The average Bonchev–Trinajstić information content (AvgIpc) is 2.92. The van der Waals surface area contributed by atoms with E-state index in [-0.39, 0.29) is 51.6 Å². The standard InChI is InChI=1S/C31H24O10/c1-39-21-11-19(35)13-23-27(21)25(15-4-8-17(33)9-5-15)29(31(38)41-23)28-24(14-2-6-16(32)7-3-14)26-20(36)10-18(34)12-22(26)40-30(28)37/h2-13,24-25,28-29,32-36H,1H3/t24-,25-,28-,29-/m0/s1. The molecule has 4 atom stereocenters. The van der Waals surface area contributed by atoms with Gasteiger partial charge in [0.2, 0.25) is 0 Å². The van der Waals surface area contributed by atoms with Gasteiger partial charge in [-0.3, -0.25) is 9.59 Å². The molecule has 5 N–H and O–H groups in total. The molecule has 0 fully saturated rings. The molecule has 10 nitrogen and oxygen atoms in total. The van der Waals surface area contributed by atoms with Gasteiger partial charge in [-0.2, -0.15) is 0 Å². The molecule has 4 aromatic rings. The summed E-state index contributed by atoms with van der Waals surface area (Å²) in [6.45, 7) is 0. The number of hydrogen-bond acceptors (Lipinski definition) is 10. The minimum Gasteiger partial charge on any atom is -0.508 e. The van der Waals surface area contributed by atoms with Crippen LogP contribution in [-0.4, -0.2) is 44.6 Å². The van der Waals surface area contributed by atoms with Gasteiger partial charge in [-0.1, -0.05) is 24.3 Å². The molecule has 2 heterocycles. The minimum absolute atomic E-state index is 0.0146. The van der Waals surface area contributed by atoms with Gasteiger partial charge in [0.15, 0.2) is 0 Å². The lowest BCUT2D eigenvalue weighted by Crippen LogP contribution is -2.46. The molecule has 0 amide bonds. The van der Waals surface area contributed by atoms with E-state index in [9.17, 15) is 35.1 Å². The van der Waals surface area contributed by atoms with Crippen molar-refractivity contribution < 1.29 is 49.3 Å². The monoisotopic (exact) mass is 556 g/mol. The zero-order chi connectivity index (χ0) is 29.0. The van der Waals surface area contributed by atoms with E-state index in [4.69, 9.17) is 14.2 Å². The molecule has 4 aromatic carbocycles. The highest BCUT2D eigenvalue weighted by molar-refractivity contribution is 5.91. The first kappa shape index (κ1) is 25.9. The number of rotatable bonds is 4. The van der Waals surface area contributed by atoms with Crippen molar-refractivity contribution in [3.05, 3.63) is 95.1 Å². The lowest BCUT2D eigenvalue weighted by atomic mass is 9.65. The van der Waals surface area contributed by atoms with Crippen LogP contribution >= 0.6 is 0 Å². The first-order valence-electron chi connectivity index (χ1n) is 12.6. The van der Waals surface area contributed by atoms with Crippen LogP contribution in [0.25, 0.3) is 0 Å². The van der Waals surface area contributed by atoms with Crippen molar-refractivity contribution in [1.82, 2.24) is 0 Å². The van der Waals surface area contributed by atoms with Crippen molar-refractivity contribution in [2.24, 2.45) is 11.8 Å². The maximum atomic E-state index is 13.9. The van der Waals surface area contributed by atoms with Crippen molar-refractivity contribution in [3.63, 3.8) is 0 Å². The second kappa shape index (κ2) is 9.67. The van der Waals surface area contributed by atoms with Crippen LogP contribution in [0.2, 0.25) is 0 Å². The zero-order valence-electron chi connectivity index (χ0n) is 21.5. The van der Waals surface area contributed by atoms with Crippen LogP contribution in [-0.2, 0) is 9.59 Å². The normalized spacial score (nSPS) is 21.3. The molecule has 6 rings (SSSR count). The Bertz CT molecular complexity index is 1680. The van der Waals surface area contributed by atoms with Gasteiger partial charge in [-0.25, -0.2) is 0 Å². The second-order valence-electron chi connectivity index (χ2n) is 9.97. The molecule has 208 valence electrons. The molecule has 0 spiro atoms. The summed E-state index contributed by atoms with van der Waals surface area (Å²) < 4.78 is 16.9. The lowest BCUT2D eigenvalue weighted by Gasteiger charge is -2.41. The van der Waals surface area contributed by atoms with E-state index in [0.29, 0.717) is 16.7 Å². The summed E-state index contributed by atoms with van der Waals surface area (Å²) in [6, 6.07) is 17.0. The van der Waals surface area contributed by atoms with Crippen LogP contribution in [0.5, 0.6) is 46.0 Å². The van der Waals surface area contributed by atoms with E-state index in [1.165, 1.54) is 49.6 Å². The summed E-state index contributed by atoms with van der Waals surface area (Å²) in [5.41, 5.74) is 1.57. The van der Waals surface area contributed by atoms with E-state index in [0.717, 1.165) is 6.07 Å². The van der Waals surface area contributed by atoms with Crippen molar-refractivity contribution >= 4 is 11.9 Å². The highest BCUT2D eigenvalue weighted by atomic mass is 16.5. The van der Waals surface area contributed by atoms with Crippen molar-refractivity contribution in [2.75, 3.05) is 7.11 Å². The van der Waals surface area contributed by atoms with Gasteiger partial charge in [0.25, 0.3) is 0 Å². The number of methoxy groups -OCH3 is 1. The third-order valence-electron chi connectivity index (χ3n) is 7.61. The second-order valence-corrected chi connectivity index (χ2v) is 9.97. The van der Waals surface area contributed by atoms with Gasteiger partial charge in [0.1, 0.15) is 46.0 Å². The molecule has 2 aliphatic heterocycles. The molecule has 0 radical (unpaired) electrons. The number of aromatic hydroxyl groups is 5. The number of phenols is 5. The number of ether oxygens (including phenoxy) is 3. The number of benzene rings is 4. The predicted octanol–water partition coefficient (Wildman–Crippen LogP) is 4.26. The van der Waals surface area contributed by atoms with Crippen LogP contribution < -0.4 is 14.2 Å². The van der Waals surface area contributed by atoms with Gasteiger partial charge in [-0.15, -0.1) is 0 Å². The van der Waals surface area contributed by atoms with E-state index in [1.807, 2.05) is 0 Å². The van der Waals surface area contributed by atoms with Crippen LogP contribution in [0.3, 0.4) is 0 Å². The molecule has 2 aliphatic rings. The number of fused-ring (bicyclic) bond motifs is 2. The Morgan fingerprint density at radius 3 is 1.51 bits per heavy atom. The fraction of sp³-hybridized carbons (Fsp3) is 0.161. The molecule has 0 saturated heterocycles. The third-order valence-corrected chi connectivity index (χ3v) is 7.61. The molecule has 0 saturated carbocycles. The number of hydrogen-bond donors (Lipinski definition) is 5. The Morgan fingerprint density at radius 1 is 0.585 bits per heavy atom. The van der Waals surface area contributed by atoms with Gasteiger partial charge in [-0.05, 0) is 35.4 Å². The van der Waals surface area contributed by atoms with E-state index >= 15 is 0 Å². The Labute approximate surface area is 233 Å². The van der Waals surface area contributed by atoms with E-state index in [1.54, 1.807) is 24.3 Å². The largest absolute Gasteiger partial charge is 0.508 e. The molecule has 10 heteroatoms. The van der Waals surface area contributed by atoms with Crippen molar-refractivity contribution in [2.45, 2.75) is 11.8 Å². The summed E-state index contributed by atoms with van der Waals surface area (Å²) in [6.07, 6.45) is 0. The quantitative estimate of drug-likeness (QED) is 0.181. The van der Waals surface area contributed by atoms with Crippen LogP contribution in [0.4, 0.5) is 0 Å². The number of esters is 2. The number of phenolic OH excluding ortho intramolecular Hbond substituents is 5. The van der Waals surface area contributed by atoms with Gasteiger partial charge in [0.05, 0.1) is 18.9 Å². The number of carbonyl (C=O) groups is 2. The number of carbonyl (C=O) groups excluding carboxylic acids is 2. The molecule has 41 heavy (non-hydrogen) atoms. The van der Waals surface area contributed by atoms with Gasteiger partial charge < -0.3 is 39.7 Å². The Kier molecular flexibility index (Phi) is 6.10. The highest BCUT2D eigenvalue weighted by Gasteiger charge is 2.54. The summed E-state index contributed by atoms with van der Waals surface area (Å²) in [5, 5.41) is 51.3. The van der Waals surface area contributed by atoms with Crippen LogP contribution in [0.1, 0.15) is 34.1 Å². The lowest BCUT2D eigenvalue weighted by molar-refractivity contribution is -0.154. The summed E-state index contributed by atoms with van der Waals surface area (Å²) in [5.74, 6) is -6.76. The molecular formula is C31H24O10. The Balaban J connectivity index is 1.63. The predicted molar refractivity (Wildman–Crippen MR) is 143 cm³/mol. The molecule has 0 unspecified atom stereocenters. The third kappa shape index (κ3) is 4.29. The molecule has 0 bridgehead atoms. The molecular weight excluding hydrogens is 532 g/mol. The van der Waals surface area contributed by atoms with Gasteiger partial charge in [0, 0.05) is 47.2 Å². The van der Waals surface area contributed by atoms with E-state index in [2.05, 4.69) is 0 Å².